The van der Waals surface area contributed by atoms with Crippen LogP contribution in [0.25, 0.3) is 11.0 Å². The first-order valence-corrected chi connectivity index (χ1v) is 9.84. The average molecular weight is 371 g/mol. The highest BCUT2D eigenvalue weighted by Gasteiger charge is 2.32. The summed E-state index contributed by atoms with van der Waals surface area (Å²) >= 11 is 0. The first-order valence-electron chi connectivity index (χ1n) is 9.84. The summed E-state index contributed by atoms with van der Waals surface area (Å²) in [6.45, 7) is 5.34. The van der Waals surface area contributed by atoms with E-state index in [1.165, 1.54) is 0 Å². The zero-order valence-corrected chi connectivity index (χ0v) is 16.2. The van der Waals surface area contributed by atoms with Crippen LogP contribution in [0.3, 0.4) is 0 Å². The molecule has 0 saturated carbocycles. The van der Waals surface area contributed by atoms with Crippen molar-refractivity contribution in [3.63, 3.8) is 0 Å². The van der Waals surface area contributed by atoms with Crippen LogP contribution in [-0.4, -0.2) is 93.7 Å². The summed E-state index contributed by atoms with van der Waals surface area (Å²) in [4.78, 5) is 24.0. The number of likely N-dealkylation sites (N-methyl/N-ethyl adjacent to an activating group) is 1. The number of hydrogen-bond acceptors (Lipinski definition) is 5. The summed E-state index contributed by atoms with van der Waals surface area (Å²) in [6.07, 6.45) is 2.85. The second-order valence-electron chi connectivity index (χ2n) is 7.90. The van der Waals surface area contributed by atoms with Gasteiger partial charge >= 0.3 is 0 Å². The third kappa shape index (κ3) is 3.72. The van der Waals surface area contributed by atoms with Crippen LogP contribution in [0.5, 0.6) is 0 Å². The van der Waals surface area contributed by atoms with E-state index in [0.29, 0.717) is 25.1 Å². The van der Waals surface area contributed by atoms with Crippen LogP contribution in [0.4, 0.5) is 0 Å². The van der Waals surface area contributed by atoms with Gasteiger partial charge in [0, 0.05) is 57.9 Å². The lowest BCUT2D eigenvalue weighted by Crippen LogP contribution is -2.52. The molecule has 27 heavy (non-hydrogen) atoms. The predicted octanol–water partition coefficient (Wildman–Crippen LogP) is 0.786. The summed E-state index contributed by atoms with van der Waals surface area (Å²) in [5.74, 6) is 0.0359. The molecule has 4 rings (SSSR count). The Morgan fingerprint density at radius 3 is 2.59 bits per heavy atom. The number of carbonyl (C=O) groups is 1. The van der Waals surface area contributed by atoms with E-state index in [0.717, 1.165) is 43.6 Å². The van der Waals surface area contributed by atoms with E-state index < -0.39 is 0 Å². The number of imidazole rings is 1. The van der Waals surface area contributed by atoms with E-state index in [9.17, 15) is 9.90 Å². The van der Waals surface area contributed by atoms with Gasteiger partial charge in [0.1, 0.15) is 0 Å². The van der Waals surface area contributed by atoms with E-state index in [-0.39, 0.29) is 18.1 Å². The fourth-order valence-corrected chi connectivity index (χ4v) is 4.31. The number of likely N-dealkylation sites (tertiary alicyclic amines) is 1. The molecule has 1 aromatic carbocycles. The van der Waals surface area contributed by atoms with Crippen molar-refractivity contribution in [2.24, 2.45) is 7.05 Å². The van der Waals surface area contributed by atoms with Crippen molar-refractivity contribution in [1.29, 1.82) is 0 Å². The Balaban J connectivity index is 1.45. The smallest absolute Gasteiger partial charge is 0.253 e. The molecule has 2 aromatic rings. The van der Waals surface area contributed by atoms with Crippen LogP contribution in [0.15, 0.2) is 24.5 Å². The third-order valence-corrected chi connectivity index (χ3v) is 6.10. The molecule has 0 radical (unpaired) electrons. The van der Waals surface area contributed by atoms with Crippen LogP contribution in [0.2, 0.25) is 0 Å². The first-order chi connectivity index (χ1) is 13.0. The Bertz CT molecular complexity index is 812. The molecule has 7 nitrogen and oxygen atoms in total. The van der Waals surface area contributed by atoms with Crippen molar-refractivity contribution in [1.82, 2.24) is 24.3 Å². The van der Waals surface area contributed by atoms with Gasteiger partial charge in [-0.2, -0.15) is 0 Å². The van der Waals surface area contributed by atoms with Crippen molar-refractivity contribution < 1.29 is 9.90 Å². The van der Waals surface area contributed by atoms with Crippen molar-refractivity contribution >= 4 is 16.9 Å². The lowest BCUT2D eigenvalue weighted by Gasteiger charge is -2.39. The molecule has 2 saturated heterocycles. The highest BCUT2D eigenvalue weighted by Crippen LogP contribution is 2.21. The number of hydrogen-bond donors (Lipinski definition) is 1. The van der Waals surface area contributed by atoms with Gasteiger partial charge in [-0.1, -0.05) is 0 Å². The Morgan fingerprint density at radius 1 is 1.07 bits per heavy atom. The molecule has 1 N–H and O–H groups in total. The summed E-state index contributed by atoms with van der Waals surface area (Å²) in [5.41, 5.74) is 2.54. The van der Waals surface area contributed by atoms with Crippen LogP contribution in [0, 0.1) is 0 Å². The van der Waals surface area contributed by atoms with Gasteiger partial charge in [-0.05, 0) is 38.1 Å². The number of amides is 1. The number of rotatable bonds is 2. The highest BCUT2D eigenvalue weighted by molar-refractivity contribution is 5.97. The van der Waals surface area contributed by atoms with E-state index in [1.807, 2.05) is 34.7 Å². The van der Waals surface area contributed by atoms with Crippen LogP contribution in [-0.2, 0) is 7.05 Å². The number of aliphatic hydroxyl groups is 1. The van der Waals surface area contributed by atoms with Crippen LogP contribution in [0.1, 0.15) is 23.2 Å². The molecule has 2 fully saturated rings. The molecule has 1 aromatic heterocycles. The van der Waals surface area contributed by atoms with Crippen LogP contribution < -0.4 is 0 Å². The summed E-state index contributed by atoms with van der Waals surface area (Å²) in [6, 6.07) is 5.85. The number of aromatic nitrogens is 2. The Hall–Kier alpha value is -1.96. The van der Waals surface area contributed by atoms with Gasteiger partial charge in [0.25, 0.3) is 5.91 Å². The standard InChI is InChI=1S/C20H29N5O2/c1-22-9-11-24(12-10-22)18-5-7-25(8-6-19(18)26)20(27)15-3-4-17-16(13-15)21-14-23(17)2/h3-4,13-14,18-19,26H,5-12H2,1-2H3/t18-,19-/m0/s1. The normalized spacial score (nSPS) is 25.7. The van der Waals surface area contributed by atoms with Gasteiger partial charge in [0.2, 0.25) is 0 Å². The number of nitrogens with zero attached hydrogens (tertiary/aromatic N) is 5. The van der Waals surface area contributed by atoms with Gasteiger partial charge in [0.15, 0.2) is 0 Å². The maximum atomic E-state index is 13.0. The van der Waals surface area contributed by atoms with Crippen LogP contribution >= 0.6 is 0 Å². The highest BCUT2D eigenvalue weighted by atomic mass is 16.3. The topological polar surface area (TPSA) is 64.8 Å². The van der Waals surface area contributed by atoms with Gasteiger partial charge in [-0.15, -0.1) is 0 Å². The number of carbonyl (C=O) groups excluding carboxylic acids is 1. The van der Waals surface area contributed by atoms with Crippen molar-refractivity contribution in [3.05, 3.63) is 30.1 Å². The van der Waals surface area contributed by atoms with E-state index >= 15 is 0 Å². The Kier molecular flexibility index (Phi) is 5.16. The van der Waals surface area contributed by atoms with E-state index in [1.54, 1.807) is 6.33 Å². The molecular weight excluding hydrogens is 342 g/mol. The summed E-state index contributed by atoms with van der Waals surface area (Å²) in [5, 5.41) is 10.7. The van der Waals surface area contributed by atoms with Crippen molar-refractivity contribution in [3.8, 4) is 0 Å². The molecule has 0 aliphatic carbocycles. The number of fused-ring (bicyclic) bond motifs is 1. The molecule has 0 spiro atoms. The molecule has 0 bridgehead atoms. The van der Waals surface area contributed by atoms with E-state index in [2.05, 4.69) is 21.8 Å². The number of aliphatic hydroxyl groups excluding tert-OH is 1. The second kappa shape index (κ2) is 7.58. The first kappa shape index (κ1) is 18.4. The minimum absolute atomic E-state index is 0.0359. The van der Waals surface area contributed by atoms with Gasteiger partial charge in [-0.25, -0.2) is 4.98 Å². The quantitative estimate of drug-likeness (QED) is 0.846. The molecule has 0 unspecified atom stereocenters. The fourth-order valence-electron chi connectivity index (χ4n) is 4.31. The van der Waals surface area contributed by atoms with Gasteiger partial charge in [-0.3, -0.25) is 9.69 Å². The summed E-state index contributed by atoms with van der Waals surface area (Å²) < 4.78 is 1.95. The largest absolute Gasteiger partial charge is 0.391 e. The second-order valence-corrected chi connectivity index (χ2v) is 7.90. The molecule has 2 aliphatic rings. The molecule has 1 amide bonds. The monoisotopic (exact) mass is 371 g/mol. The Labute approximate surface area is 160 Å². The third-order valence-electron chi connectivity index (χ3n) is 6.10. The SMILES string of the molecule is CN1CCN([C@H]2CCN(C(=O)c3ccc4c(c3)ncn4C)CC[C@@H]2O)CC1. The lowest BCUT2D eigenvalue weighted by molar-refractivity contribution is 0.0224. The maximum Gasteiger partial charge on any atom is 0.253 e. The molecule has 2 aliphatic heterocycles. The number of piperazine rings is 1. The zero-order chi connectivity index (χ0) is 19.0. The van der Waals surface area contributed by atoms with Gasteiger partial charge in [0.05, 0.1) is 23.5 Å². The maximum absolute atomic E-state index is 13.0. The molecular formula is C20H29N5O2. The summed E-state index contributed by atoms with van der Waals surface area (Å²) in [7, 11) is 4.09. The average Bonchev–Trinajstić information content (AvgIpc) is 2.93. The minimum atomic E-state index is -0.371. The molecule has 146 valence electrons. The fraction of sp³-hybridized carbons (Fsp3) is 0.600. The van der Waals surface area contributed by atoms with E-state index in [4.69, 9.17) is 0 Å². The van der Waals surface area contributed by atoms with Crippen molar-refractivity contribution in [2.75, 3.05) is 46.3 Å². The van der Waals surface area contributed by atoms with Crippen molar-refractivity contribution in [2.45, 2.75) is 25.0 Å². The molecule has 3 heterocycles. The zero-order valence-electron chi connectivity index (χ0n) is 16.2. The Morgan fingerprint density at radius 2 is 1.81 bits per heavy atom. The molecule has 2 atom stereocenters. The predicted molar refractivity (Wildman–Crippen MR) is 105 cm³/mol. The number of benzene rings is 1. The van der Waals surface area contributed by atoms with Gasteiger partial charge < -0.3 is 19.5 Å². The molecule has 7 heteroatoms. The minimum Gasteiger partial charge on any atom is -0.391 e. The lowest BCUT2D eigenvalue weighted by atomic mass is 10.0. The number of aryl methyl sites for hydroxylation is 1.